The Morgan fingerprint density at radius 3 is 2.80 bits per heavy atom. The molecule has 1 N–H and O–H groups in total. The average Bonchev–Trinajstić information content (AvgIpc) is 2.58. The second kappa shape index (κ2) is 3.62. The number of aliphatic carboxylic acids is 1. The number of nitrogens with zero attached hydrogens (tertiary/aromatic N) is 3. The molecule has 0 radical (unpaired) electrons. The van der Waals surface area contributed by atoms with Crippen LogP contribution in [-0.2, 0) is 4.79 Å². The van der Waals surface area contributed by atoms with E-state index in [4.69, 9.17) is 5.11 Å². The summed E-state index contributed by atoms with van der Waals surface area (Å²) in [5, 5.41) is 17.0. The van der Waals surface area contributed by atoms with E-state index in [1.54, 1.807) is 12.1 Å². The number of benzene rings is 1. The molecular formula is C9H8BrN3O2. The molecule has 1 aromatic carbocycles. The van der Waals surface area contributed by atoms with Gasteiger partial charge in [-0.05, 0) is 25.1 Å². The quantitative estimate of drug-likeness (QED) is 0.904. The molecule has 0 saturated carbocycles. The van der Waals surface area contributed by atoms with E-state index in [1.165, 1.54) is 11.7 Å². The molecule has 2 aromatic rings. The van der Waals surface area contributed by atoms with Crippen molar-refractivity contribution in [2.24, 2.45) is 0 Å². The molecule has 5 nitrogen and oxygen atoms in total. The highest BCUT2D eigenvalue weighted by Gasteiger charge is 2.16. The molecule has 0 saturated heterocycles. The first kappa shape index (κ1) is 10.1. The van der Waals surface area contributed by atoms with E-state index < -0.39 is 12.0 Å². The van der Waals surface area contributed by atoms with Crippen molar-refractivity contribution >= 4 is 32.9 Å². The van der Waals surface area contributed by atoms with Gasteiger partial charge in [0.2, 0.25) is 0 Å². The zero-order chi connectivity index (χ0) is 11.0. The van der Waals surface area contributed by atoms with Gasteiger partial charge in [-0.3, -0.25) is 0 Å². The first-order valence-corrected chi connectivity index (χ1v) is 5.12. The Balaban J connectivity index is 2.51. The molecule has 0 aliphatic rings. The smallest absolute Gasteiger partial charge is 0.330 e. The summed E-state index contributed by atoms with van der Waals surface area (Å²) in [5.41, 5.74) is 1.36. The van der Waals surface area contributed by atoms with Crippen LogP contribution in [-0.4, -0.2) is 26.1 Å². The fourth-order valence-electron chi connectivity index (χ4n) is 1.18. The molecule has 1 unspecified atom stereocenters. The van der Waals surface area contributed by atoms with Crippen LogP contribution in [0.15, 0.2) is 22.7 Å². The van der Waals surface area contributed by atoms with Crippen molar-refractivity contribution in [2.45, 2.75) is 13.0 Å². The fraction of sp³-hybridized carbons (Fsp3) is 0.222. The molecule has 0 bridgehead atoms. The first-order chi connectivity index (χ1) is 7.08. The van der Waals surface area contributed by atoms with Gasteiger partial charge < -0.3 is 5.11 Å². The third-order valence-electron chi connectivity index (χ3n) is 2.06. The van der Waals surface area contributed by atoms with Gasteiger partial charge in [-0.25, -0.2) is 4.79 Å². The number of rotatable bonds is 2. The van der Waals surface area contributed by atoms with Crippen LogP contribution in [0.5, 0.6) is 0 Å². The Morgan fingerprint density at radius 2 is 2.13 bits per heavy atom. The van der Waals surface area contributed by atoms with E-state index in [0.717, 1.165) is 4.47 Å². The topological polar surface area (TPSA) is 68.0 Å². The van der Waals surface area contributed by atoms with Crippen molar-refractivity contribution in [3.05, 3.63) is 22.7 Å². The van der Waals surface area contributed by atoms with Crippen LogP contribution < -0.4 is 0 Å². The summed E-state index contributed by atoms with van der Waals surface area (Å²) >= 11 is 3.31. The molecule has 0 spiro atoms. The van der Waals surface area contributed by atoms with Crippen molar-refractivity contribution in [1.82, 2.24) is 15.0 Å². The molecule has 1 aromatic heterocycles. The summed E-state index contributed by atoms with van der Waals surface area (Å²) in [6.07, 6.45) is 0. The zero-order valence-electron chi connectivity index (χ0n) is 7.88. The minimum absolute atomic E-state index is 0.678. The maximum atomic E-state index is 10.7. The standard InChI is InChI=1S/C9H8BrN3O2/c1-5(9(14)15)13-11-7-3-2-6(10)4-8(7)12-13/h2-5H,1H3,(H,14,15). The average molecular weight is 270 g/mol. The summed E-state index contributed by atoms with van der Waals surface area (Å²) in [4.78, 5) is 11.9. The van der Waals surface area contributed by atoms with Crippen LogP contribution in [0.1, 0.15) is 13.0 Å². The van der Waals surface area contributed by atoms with Crippen molar-refractivity contribution in [3.63, 3.8) is 0 Å². The minimum atomic E-state index is -0.950. The van der Waals surface area contributed by atoms with E-state index >= 15 is 0 Å². The summed E-state index contributed by atoms with van der Waals surface area (Å²) in [6.45, 7) is 1.54. The van der Waals surface area contributed by atoms with Gasteiger partial charge in [0, 0.05) is 4.47 Å². The Labute approximate surface area is 93.8 Å². The predicted molar refractivity (Wildman–Crippen MR) is 57.6 cm³/mol. The Morgan fingerprint density at radius 1 is 1.47 bits per heavy atom. The Bertz CT molecular complexity index is 523. The van der Waals surface area contributed by atoms with Gasteiger partial charge in [-0.2, -0.15) is 15.0 Å². The fourth-order valence-corrected chi connectivity index (χ4v) is 1.53. The second-order valence-electron chi connectivity index (χ2n) is 3.17. The van der Waals surface area contributed by atoms with Gasteiger partial charge >= 0.3 is 5.97 Å². The number of halogens is 1. The molecule has 6 heteroatoms. The highest BCUT2D eigenvalue weighted by Crippen LogP contribution is 2.17. The summed E-state index contributed by atoms with van der Waals surface area (Å²) in [5.74, 6) is -0.950. The van der Waals surface area contributed by atoms with Crippen molar-refractivity contribution < 1.29 is 9.90 Å². The van der Waals surface area contributed by atoms with Crippen LogP contribution >= 0.6 is 15.9 Å². The molecular weight excluding hydrogens is 262 g/mol. The molecule has 1 heterocycles. The predicted octanol–water partition coefficient (Wildman–Crippen LogP) is 1.84. The lowest BCUT2D eigenvalue weighted by Gasteiger charge is -2.02. The third-order valence-corrected chi connectivity index (χ3v) is 2.55. The lowest BCUT2D eigenvalue weighted by atomic mass is 10.3. The van der Waals surface area contributed by atoms with Crippen LogP contribution in [0.3, 0.4) is 0 Å². The summed E-state index contributed by atoms with van der Waals surface area (Å²) < 4.78 is 0.894. The summed E-state index contributed by atoms with van der Waals surface area (Å²) in [6, 6.07) is 4.67. The number of fused-ring (bicyclic) bond motifs is 1. The van der Waals surface area contributed by atoms with E-state index in [0.29, 0.717) is 11.0 Å². The molecule has 2 rings (SSSR count). The molecule has 78 valence electrons. The van der Waals surface area contributed by atoms with E-state index in [-0.39, 0.29) is 0 Å². The SMILES string of the molecule is CC(C(=O)O)n1nc2ccc(Br)cc2n1. The largest absolute Gasteiger partial charge is 0.480 e. The number of hydrogen-bond donors (Lipinski definition) is 1. The number of carboxylic acids is 1. The maximum absolute atomic E-state index is 10.7. The van der Waals surface area contributed by atoms with Crippen LogP contribution in [0.4, 0.5) is 0 Å². The number of carbonyl (C=O) groups is 1. The van der Waals surface area contributed by atoms with Gasteiger partial charge in [0.25, 0.3) is 0 Å². The lowest BCUT2D eigenvalue weighted by molar-refractivity contribution is -0.140. The van der Waals surface area contributed by atoms with Gasteiger partial charge in [0.1, 0.15) is 11.0 Å². The highest BCUT2D eigenvalue weighted by atomic mass is 79.9. The molecule has 0 aliphatic heterocycles. The Kier molecular flexibility index (Phi) is 2.44. The monoisotopic (exact) mass is 269 g/mol. The van der Waals surface area contributed by atoms with E-state index in [2.05, 4.69) is 26.1 Å². The molecule has 15 heavy (non-hydrogen) atoms. The zero-order valence-corrected chi connectivity index (χ0v) is 9.47. The highest BCUT2D eigenvalue weighted by molar-refractivity contribution is 9.10. The molecule has 1 atom stereocenters. The minimum Gasteiger partial charge on any atom is -0.480 e. The van der Waals surface area contributed by atoms with Crippen LogP contribution in [0.2, 0.25) is 0 Å². The number of carboxylic acid groups (broad SMARTS) is 1. The second-order valence-corrected chi connectivity index (χ2v) is 4.08. The molecule has 0 amide bonds. The molecule has 0 fully saturated rings. The lowest BCUT2D eigenvalue weighted by Crippen LogP contribution is -2.17. The van der Waals surface area contributed by atoms with E-state index in [1.807, 2.05) is 6.07 Å². The maximum Gasteiger partial charge on any atom is 0.330 e. The van der Waals surface area contributed by atoms with E-state index in [9.17, 15) is 4.79 Å². The van der Waals surface area contributed by atoms with Gasteiger partial charge in [0.05, 0.1) is 0 Å². The summed E-state index contributed by atoms with van der Waals surface area (Å²) in [7, 11) is 0. The first-order valence-electron chi connectivity index (χ1n) is 4.33. The number of hydrogen-bond acceptors (Lipinski definition) is 3. The number of aromatic nitrogens is 3. The normalized spacial score (nSPS) is 12.9. The van der Waals surface area contributed by atoms with Crippen LogP contribution in [0.25, 0.3) is 11.0 Å². The van der Waals surface area contributed by atoms with Crippen molar-refractivity contribution in [1.29, 1.82) is 0 Å². The van der Waals surface area contributed by atoms with Gasteiger partial charge in [0.15, 0.2) is 6.04 Å². The van der Waals surface area contributed by atoms with Crippen molar-refractivity contribution in [2.75, 3.05) is 0 Å². The third kappa shape index (κ3) is 1.85. The van der Waals surface area contributed by atoms with Gasteiger partial charge in [-0.1, -0.05) is 15.9 Å². The van der Waals surface area contributed by atoms with Gasteiger partial charge in [-0.15, -0.1) is 0 Å². The Hall–Kier alpha value is -1.43. The molecule has 0 aliphatic carbocycles. The van der Waals surface area contributed by atoms with Crippen molar-refractivity contribution in [3.8, 4) is 0 Å². The van der Waals surface area contributed by atoms with Crippen LogP contribution in [0, 0.1) is 0 Å².